The molecular formula is C25H28N4O9S. The van der Waals surface area contributed by atoms with E-state index in [9.17, 15) is 15.0 Å². The first-order valence-corrected chi connectivity index (χ1v) is 12.4. The van der Waals surface area contributed by atoms with Gasteiger partial charge < -0.3 is 19.7 Å². The number of methoxy groups -OCH3 is 2. The van der Waals surface area contributed by atoms with E-state index < -0.39 is 16.3 Å². The maximum absolute atomic E-state index is 12.4. The number of hydrogen-bond acceptors (Lipinski definition) is 10. The van der Waals surface area contributed by atoms with Crippen molar-refractivity contribution in [2.75, 3.05) is 19.6 Å². The third-order valence-electron chi connectivity index (χ3n) is 5.01. The van der Waals surface area contributed by atoms with Crippen LogP contribution in [0.5, 0.6) is 23.0 Å². The van der Waals surface area contributed by atoms with Crippen molar-refractivity contribution in [3.8, 4) is 23.0 Å². The second-order valence-corrected chi connectivity index (χ2v) is 8.63. The van der Waals surface area contributed by atoms with E-state index in [2.05, 4.69) is 21.1 Å². The molecule has 0 aliphatic carbocycles. The van der Waals surface area contributed by atoms with Crippen molar-refractivity contribution in [3.63, 3.8) is 0 Å². The lowest BCUT2D eigenvalue weighted by Crippen LogP contribution is -2.19. The topological polar surface area (TPSA) is 199 Å². The van der Waals surface area contributed by atoms with E-state index in [1.807, 2.05) is 0 Å². The first kappa shape index (κ1) is 30.6. The Morgan fingerprint density at radius 2 is 1.21 bits per heavy atom. The van der Waals surface area contributed by atoms with Gasteiger partial charge in [0.15, 0.2) is 0 Å². The van der Waals surface area contributed by atoms with Gasteiger partial charge in [-0.15, -0.1) is 0 Å². The molecule has 0 spiro atoms. The number of hydrogen-bond donors (Lipinski definition) is 6. The minimum Gasteiger partial charge on any atom is -0.507 e. The quantitative estimate of drug-likeness (QED) is 0.135. The first-order valence-electron chi connectivity index (χ1n) is 11.0. The standard InChI is InChI=1S/C25H26N4O5.H2O4S/c1-15(21-11-9-19(33-3)13-23(21)30)26-28-18-7-5-17(6-8-18)25(32)29-27-16(2)22-12-10-20(34-4)14-24(22)31;1-5(2,3)4/h5-14,28,30-31H,1-4H3,(H,29,32);(H2,1,2,3,4)/b26-15+,27-16+;. The summed E-state index contributed by atoms with van der Waals surface area (Å²) in [6.45, 7) is 3.44. The van der Waals surface area contributed by atoms with Crippen LogP contribution in [0, 0.1) is 0 Å². The summed E-state index contributed by atoms with van der Waals surface area (Å²) in [5.41, 5.74) is 8.51. The fourth-order valence-electron chi connectivity index (χ4n) is 3.05. The minimum atomic E-state index is -4.67. The van der Waals surface area contributed by atoms with Crippen molar-refractivity contribution in [2.45, 2.75) is 13.8 Å². The number of carbonyl (C=O) groups is 1. The fourth-order valence-corrected chi connectivity index (χ4v) is 3.05. The third kappa shape index (κ3) is 9.96. The molecule has 0 saturated carbocycles. The molecule has 0 radical (unpaired) electrons. The Morgan fingerprint density at radius 3 is 1.62 bits per heavy atom. The van der Waals surface area contributed by atoms with E-state index in [1.54, 1.807) is 62.4 Å². The fraction of sp³-hybridized carbons (Fsp3) is 0.160. The van der Waals surface area contributed by atoms with Crippen LogP contribution in [0.25, 0.3) is 0 Å². The van der Waals surface area contributed by atoms with E-state index in [1.165, 1.54) is 26.4 Å². The summed E-state index contributed by atoms with van der Waals surface area (Å²) in [4.78, 5) is 12.4. The van der Waals surface area contributed by atoms with Crippen molar-refractivity contribution < 1.29 is 42.0 Å². The molecule has 14 heteroatoms. The van der Waals surface area contributed by atoms with Crippen LogP contribution in [-0.2, 0) is 10.4 Å². The molecule has 0 aromatic heterocycles. The molecule has 0 fully saturated rings. The van der Waals surface area contributed by atoms with Crippen molar-refractivity contribution in [1.82, 2.24) is 5.43 Å². The molecule has 39 heavy (non-hydrogen) atoms. The van der Waals surface area contributed by atoms with Gasteiger partial charge in [0.1, 0.15) is 23.0 Å². The number of carbonyl (C=O) groups excluding carboxylic acids is 1. The molecule has 1 amide bonds. The number of nitrogens with one attached hydrogen (secondary N) is 2. The zero-order valence-electron chi connectivity index (χ0n) is 21.4. The Bertz CT molecular complexity index is 1460. The Morgan fingerprint density at radius 1 is 0.769 bits per heavy atom. The average Bonchev–Trinajstić information content (AvgIpc) is 2.89. The number of amides is 1. The predicted octanol–water partition coefficient (Wildman–Crippen LogP) is 3.45. The Labute approximate surface area is 225 Å². The average molecular weight is 561 g/mol. The molecule has 3 aromatic carbocycles. The van der Waals surface area contributed by atoms with Gasteiger partial charge in [0.25, 0.3) is 5.91 Å². The summed E-state index contributed by atoms with van der Waals surface area (Å²) in [5, 5.41) is 28.6. The Balaban J connectivity index is 0.000000976. The second-order valence-electron chi connectivity index (χ2n) is 7.74. The van der Waals surface area contributed by atoms with Crippen LogP contribution in [0.1, 0.15) is 35.3 Å². The van der Waals surface area contributed by atoms with Crippen LogP contribution in [0.4, 0.5) is 5.69 Å². The maximum Gasteiger partial charge on any atom is 0.394 e. The van der Waals surface area contributed by atoms with Crippen molar-refractivity contribution in [3.05, 3.63) is 77.4 Å². The highest BCUT2D eigenvalue weighted by molar-refractivity contribution is 7.79. The minimum absolute atomic E-state index is 0.00378. The molecular weight excluding hydrogens is 532 g/mol. The third-order valence-corrected chi connectivity index (χ3v) is 5.01. The molecule has 3 rings (SSSR count). The number of benzene rings is 3. The van der Waals surface area contributed by atoms with Crippen molar-refractivity contribution >= 4 is 33.4 Å². The summed E-state index contributed by atoms with van der Waals surface area (Å²) in [6, 6.07) is 16.5. The van der Waals surface area contributed by atoms with E-state index in [4.69, 9.17) is 27.0 Å². The molecule has 0 bridgehead atoms. The van der Waals surface area contributed by atoms with Gasteiger partial charge >= 0.3 is 10.4 Å². The summed E-state index contributed by atoms with van der Waals surface area (Å²) in [5.74, 6) is 0.738. The van der Waals surface area contributed by atoms with Crippen LogP contribution in [0.15, 0.2) is 70.9 Å². The molecule has 0 atom stereocenters. The van der Waals surface area contributed by atoms with Gasteiger partial charge in [-0.1, -0.05) is 0 Å². The summed E-state index contributed by atoms with van der Waals surface area (Å²) in [6.07, 6.45) is 0. The molecule has 0 saturated heterocycles. The van der Waals surface area contributed by atoms with E-state index >= 15 is 0 Å². The largest absolute Gasteiger partial charge is 0.507 e. The molecule has 3 aromatic rings. The predicted molar refractivity (Wildman–Crippen MR) is 145 cm³/mol. The highest BCUT2D eigenvalue weighted by atomic mass is 32.3. The Hall–Kier alpha value is -4.66. The lowest BCUT2D eigenvalue weighted by molar-refractivity contribution is 0.0954. The van der Waals surface area contributed by atoms with Gasteiger partial charge in [-0.3, -0.25) is 19.3 Å². The molecule has 0 aliphatic rings. The number of hydrazone groups is 2. The zero-order valence-corrected chi connectivity index (χ0v) is 22.2. The maximum atomic E-state index is 12.4. The van der Waals surface area contributed by atoms with Gasteiger partial charge in [0, 0.05) is 28.8 Å². The highest BCUT2D eigenvalue weighted by Gasteiger charge is 2.09. The zero-order chi connectivity index (χ0) is 29.2. The van der Waals surface area contributed by atoms with Crippen LogP contribution >= 0.6 is 0 Å². The van der Waals surface area contributed by atoms with E-state index in [0.29, 0.717) is 45.3 Å². The molecule has 13 nitrogen and oxygen atoms in total. The lowest BCUT2D eigenvalue weighted by atomic mass is 10.1. The van der Waals surface area contributed by atoms with E-state index in [0.717, 1.165) is 0 Å². The van der Waals surface area contributed by atoms with Crippen LogP contribution in [0.3, 0.4) is 0 Å². The molecule has 0 heterocycles. The summed E-state index contributed by atoms with van der Waals surface area (Å²) < 4.78 is 41.7. The number of nitrogens with zero attached hydrogens (tertiary/aromatic N) is 2. The van der Waals surface area contributed by atoms with Gasteiger partial charge in [-0.2, -0.15) is 18.6 Å². The molecule has 208 valence electrons. The summed E-state index contributed by atoms with van der Waals surface area (Å²) in [7, 11) is -1.63. The highest BCUT2D eigenvalue weighted by Crippen LogP contribution is 2.25. The number of aromatic hydroxyl groups is 2. The Kier molecular flexibility index (Phi) is 10.8. The number of phenolic OH excluding ortho intramolecular Hbond substituents is 2. The SMILES string of the molecule is COc1ccc(/C(C)=N/NC(=O)c2ccc(N/N=C(\C)c3ccc(OC)cc3O)cc2)c(O)c1.O=S(=O)(O)O. The smallest absolute Gasteiger partial charge is 0.394 e. The number of ether oxygens (including phenoxy) is 2. The molecule has 0 aliphatic heterocycles. The second kappa shape index (κ2) is 13.8. The number of phenols is 2. The number of rotatable bonds is 8. The molecule has 6 N–H and O–H groups in total. The van der Waals surface area contributed by atoms with Gasteiger partial charge in [-0.25, -0.2) is 5.43 Å². The van der Waals surface area contributed by atoms with Crippen LogP contribution in [0.2, 0.25) is 0 Å². The van der Waals surface area contributed by atoms with Gasteiger partial charge in [0.2, 0.25) is 0 Å². The van der Waals surface area contributed by atoms with Crippen LogP contribution < -0.4 is 20.3 Å². The normalized spacial score (nSPS) is 11.6. The number of anilines is 1. The monoisotopic (exact) mass is 560 g/mol. The van der Waals surface area contributed by atoms with Gasteiger partial charge in [0.05, 0.1) is 31.3 Å². The first-order chi connectivity index (χ1) is 18.3. The van der Waals surface area contributed by atoms with Crippen molar-refractivity contribution in [1.29, 1.82) is 0 Å². The van der Waals surface area contributed by atoms with Crippen molar-refractivity contribution in [2.24, 2.45) is 10.2 Å². The molecule has 0 unspecified atom stereocenters. The van der Waals surface area contributed by atoms with Gasteiger partial charge in [-0.05, 0) is 62.4 Å². The lowest BCUT2D eigenvalue weighted by Gasteiger charge is -2.08. The van der Waals surface area contributed by atoms with E-state index in [-0.39, 0.29) is 11.5 Å². The summed E-state index contributed by atoms with van der Waals surface area (Å²) >= 11 is 0. The van der Waals surface area contributed by atoms with Crippen LogP contribution in [-0.4, -0.2) is 59.3 Å².